The van der Waals surface area contributed by atoms with Crippen molar-refractivity contribution in [2.24, 2.45) is 0 Å². The lowest BCUT2D eigenvalue weighted by atomic mass is 10.3. The van der Waals surface area contributed by atoms with Crippen molar-refractivity contribution in [3.05, 3.63) is 40.1 Å². The third-order valence-electron chi connectivity index (χ3n) is 3.64. The van der Waals surface area contributed by atoms with Crippen LogP contribution in [0.4, 0.5) is 5.69 Å². The number of unbranched alkanes of at least 4 members (excludes halogenated alkanes) is 1. The number of benzene rings is 1. The summed E-state index contributed by atoms with van der Waals surface area (Å²) in [4.78, 5) is 16.8. The summed E-state index contributed by atoms with van der Waals surface area (Å²) in [6.07, 6.45) is 2.26. The van der Waals surface area contributed by atoms with E-state index in [1.165, 1.54) is 17.5 Å². The number of hydrogen-bond donors (Lipinski definition) is 1. The van der Waals surface area contributed by atoms with Gasteiger partial charge in [-0.05, 0) is 48.3 Å². The molecule has 0 aliphatic heterocycles. The third kappa shape index (κ3) is 4.85. The van der Waals surface area contributed by atoms with Crippen LogP contribution < -0.4 is 5.32 Å². The van der Waals surface area contributed by atoms with E-state index in [4.69, 9.17) is 0 Å². The van der Waals surface area contributed by atoms with Crippen LogP contribution in [0.2, 0.25) is 0 Å². The summed E-state index contributed by atoms with van der Waals surface area (Å²) in [5.74, 6) is 0.325. The Morgan fingerprint density at radius 2 is 2.09 bits per heavy atom. The number of hydrogen-bond acceptors (Lipinski definition) is 3. The number of imidazole rings is 1. The second-order valence-electron chi connectivity index (χ2n) is 5.39. The van der Waals surface area contributed by atoms with Crippen molar-refractivity contribution in [1.82, 2.24) is 9.55 Å². The van der Waals surface area contributed by atoms with Gasteiger partial charge in [0.25, 0.3) is 0 Å². The van der Waals surface area contributed by atoms with Crippen LogP contribution in [0.3, 0.4) is 0 Å². The molecule has 1 aromatic carbocycles. The molecule has 0 saturated carbocycles. The number of nitrogens with zero attached hydrogens (tertiary/aromatic N) is 2. The molecule has 2 rings (SSSR count). The van der Waals surface area contributed by atoms with E-state index in [0.717, 1.165) is 40.4 Å². The standard InChI is InChI=1S/C17H22BrN3OS/c1-4-5-10-21-13(3)12(2)19-17(21)23-11-16(22)20-15-9-7-6-8-14(15)18/h6-9H,4-5,10-11H2,1-3H3,(H,20,22). The molecule has 124 valence electrons. The van der Waals surface area contributed by atoms with E-state index in [1.807, 2.05) is 31.2 Å². The Bertz CT molecular complexity index is 684. The molecule has 0 spiro atoms. The highest BCUT2D eigenvalue weighted by molar-refractivity contribution is 9.10. The van der Waals surface area contributed by atoms with Crippen LogP contribution in [0, 0.1) is 13.8 Å². The number of carbonyl (C=O) groups excluding carboxylic acids is 1. The highest BCUT2D eigenvalue weighted by Crippen LogP contribution is 2.24. The van der Waals surface area contributed by atoms with Crippen molar-refractivity contribution in [3.8, 4) is 0 Å². The van der Waals surface area contributed by atoms with Gasteiger partial charge in [-0.2, -0.15) is 0 Å². The number of para-hydroxylation sites is 1. The molecule has 0 radical (unpaired) electrons. The molecule has 4 nitrogen and oxygen atoms in total. The van der Waals surface area contributed by atoms with E-state index in [-0.39, 0.29) is 5.91 Å². The zero-order chi connectivity index (χ0) is 16.8. The summed E-state index contributed by atoms with van der Waals surface area (Å²) >= 11 is 4.93. The highest BCUT2D eigenvalue weighted by Gasteiger charge is 2.13. The van der Waals surface area contributed by atoms with Crippen LogP contribution in [0.25, 0.3) is 0 Å². The van der Waals surface area contributed by atoms with E-state index >= 15 is 0 Å². The Morgan fingerprint density at radius 3 is 2.78 bits per heavy atom. The van der Waals surface area contributed by atoms with Crippen LogP contribution in [-0.2, 0) is 11.3 Å². The van der Waals surface area contributed by atoms with Gasteiger partial charge in [-0.3, -0.25) is 4.79 Å². The molecule has 1 N–H and O–H groups in total. The summed E-state index contributed by atoms with van der Waals surface area (Å²) in [6, 6.07) is 7.61. The van der Waals surface area contributed by atoms with Gasteiger partial charge in [-0.1, -0.05) is 37.2 Å². The molecule has 0 aliphatic carbocycles. The second-order valence-corrected chi connectivity index (χ2v) is 7.18. The molecule has 0 atom stereocenters. The van der Waals surface area contributed by atoms with Gasteiger partial charge in [0, 0.05) is 16.7 Å². The van der Waals surface area contributed by atoms with E-state index in [2.05, 4.69) is 44.6 Å². The molecular weight excluding hydrogens is 374 g/mol. The predicted octanol–water partition coefficient (Wildman–Crippen LogP) is 4.79. The number of halogens is 1. The fraction of sp³-hybridized carbons (Fsp3) is 0.412. The molecule has 0 bridgehead atoms. The first-order valence-corrected chi connectivity index (χ1v) is 9.51. The smallest absolute Gasteiger partial charge is 0.234 e. The Hall–Kier alpha value is -1.27. The molecule has 0 fully saturated rings. The minimum Gasteiger partial charge on any atom is -0.324 e. The third-order valence-corrected chi connectivity index (χ3v) is 5.31. The van der Waals surface area contributed by atoms with Gasteiger partial charge >= 0.3 is 0 Å². The van der Waals surface area contributed by atoms with Crippen molar-refractivity contribution in [2.75, 3.05) is 11.1 Å². The first-order valence-electron chi connectivity index (χ1n) is 7.73. The molecule has 0 aliphatic rings. The lowest BCUT2D eigenvalue weighted by molar-refractivity contribution is -0.113. The summed E-state index contributed by atoms with van der Waals surface area (Å²) in [5.41, 5.74) is 3.02. The Kier molecular flexibility index (Phi) is 6.72. The molecule has 0 saturated heterocycles. The van der Waals surface area contributed by atoms with Gasteiger partial charge in [0.05, 0.1) is 17.1 Å². The Labute approximate surface area is 150 Å². The number of rotatable bonds is 7. The molecule has 1 amide bonds. The number of aryl methyl sites for hydroxylation is 1. The first kappa shape index (κ1) is 18.1. The van der Waals surface area contributed by atoms with Crippen LogP contribution in [0.15, 0.2) is 33.9 Å². The van der Waals surface area contributed by atoms with E-state index in [1.54, 1.807) is 0 Å². The van der Waals surface area contributed by atoms with Crippen LogP contribution in [0.1, 0.15) is 31.2 Å². The largest absolute Gasteiger partial charge is 0.324 e. The van der Waals surface area contributed by atoms with Gasteiger partial charge in [-0.15, -0.1) is 0 Å². The van der Waals surface area contributed by atoms with Gasteiger partial charge in [0.2, 0.25) is 5.91 Å². The van der Waals surface area contributed by atoms with Crippen molar-refractivity contribution in [1.29, 1.82) is 0 Å². The van der Waals surface area contributed by atoms with E-state index in [9.17, 15) is 4.79 Å². The average molecular weight is 396 g/mol. The number of aromatic nitrogens is 2. The molecule has 23 heavy (non-hydrogen) atoms. The average Bonchev–Trinajstić information content (AvgIpc) is 2.80. The van der Waals surface area contributed by atoms with Crippen molar-refractivity contribution in [3.63, 3.8) is 0 Å². The number of amides is 1. The van der Waals surface area contributed by atoms with E-state index in [0.29, 0.717) is 5.75 Å². The minimum absolute atomic E-state index is 0.0257. The summed E-state index contributed by atoms with van der Waals surface area (Å²) in [6.45, 7) is 7.24. The summed E-state index contributed by atoms with van der Waals surface area (Å²) in [7, 11) is 0. The number of thioether (sulfide) groups is 1. The summed E-state index contributed by atoms with van der Waals surface area (Å²) in [5, 5.41) is 3.85. The molecule has 1 aromatic heterocycles. The maximum Gasteiger partial charge on any atom is 0.234 e. The monoisotopic (exact) mass is 395 g/mol. The second kappa shape index (κ2) is 8.55. The zero-order valence-corrected chi connectivity index (χ0v) is 16.1. The number of anilines is 1. The first-order chi connectivity index (χ1) is 11.0. The molecule has 1 heterocycles. The number of carbonyl (C=O) groups is 1. The molecular formula is C17H22BrN3OS. The Balaban J connectivity index is 1.99. The van der Waals surface area contributed by atoms with Gasteiger partial charge in [-0.25, -0.2) is 4.98 Å². The SMILES string of the molecule is CCCCn1c(SCC(=O)Nc2ccccc2Br)nc(C)c1C. The zero-order valence-electron chi connectivity index (χ0n) is 13.7. The fourth-order valence-corrected chi connectivity index (χ4v) is 3.49. The molecule has 6 heteroatoms. The maximum atomic E-state index is 12.2. The maximum absolute atomic E-state index is 12.2. The minimum atomic E-state index is -0.0257. The topological polar surface area (TPSA) is 46.9 Å². The molecule has 2 aromatic rings. The van der Waals surface area contributed by atoms with Gasteiger partial charge in [0.15, 0.2) is 5.16 Å². The lowest BCUT2D eigenvalue weighted by Gasteiger charge is -2.10. The van der Waals surface area contributed by atoms with Crippen LogP contribution >= 0.6 is 27.7 Å². The fourth-order valence-electron chi connectivity index (χ4n) is 2.19. The van der Waals surface area contributed by atoms with Crippen molar-refractivity contribution < 1.29 is 4.79 Å². The van der Waals surface area contributed by atoms with E-state index < -0.39 is 0 Å². The predicted molar refractivity (Wildman–Crippen MR) is 100 cm³/mol. The van der Waals surface area contributed by atoms with Crippen molar-refractivity contribution in [2.45, 2.75) is 45.3 Å². The summed E-state index contributed by atoms with van der Waals surface area (Å²) < 4.78 is 3.10. The van der Waals surface area contributed by atoms with Crippen molar-refractivity contribution >= 4 is 39.3 Å². The lowest BCUT2D eigenvalue weighted by Crippen LogP contribution is -2.15. The Morgan fingerprint density at radius 1 is 1.35 bits per heavy atom. The quantitative estimate of drug-likeness (QED) is 0.685. The highest BCUT2D eigenvalue weighted by atomic mass is 79.9. The van der Waals surface area contributed by atoms with Crippen LogP contribution in [0.5, 0.6) is 0 Å². The van der Waals surface area contributed by atoms with Crippen LogP contribution in [-0.4, -0.2) is 21.2 Å². The van der Waals surface area contributed by atoms with Gasteiger partial charge in [0.1, 0.15) is 0 Å². The normalized spacial score (nSPS) is 10.8. The van der Waals surface area contributed by atoms with Gasteiger partial charge < -0.3 is 9.88 Å². The number of nitrogens with one attached hydrogen (secondary N) is 1. The molecule has 0 unspecified atom stereocenters.